The minimum absolute atomic E-state index is 0.0433. The van der Waals surface area contributed by atoms with E-state index in [1.165, 1.54) is 25.5 Å². The minimum atomic E-state index is -3.02. The normalized spacial score (nSPS) is 21.2. The van der Waals surface area contributed by atoms with E-state index in [4.69, 9.17) is 0 Å². The van der Waals surface area contributed by atoms with Crippen LogP contribution in [0.2, 0.25) is 0 Å². The molecule has 1 aromatic carbocycles. The molecule has 0 aliphatic heterocycles. The fraction of sp³-hybridized carbons (Fsp3) is 0.611. The van der Waals surface area contributed by atoms with E-state index >= 15 is 0 Å². The number of amides is 2. The zero-order valence-corrected chi connectivity index (χ0v) is 15.4. The zero-order chi connectivity index (χ0) is 17.6. The van der Waals surface area contributed by atoms with Crippen LogP contribution in [0.3, 0.4) is 0 Å². The zero-order valence-electron chi connectivity index (χ0n) is 14.5. The van der Waals surface area contributed by atoms with Gasteiger partial charge >= 0.3 is 6.03 Å². The fourth-order valence-electron chi connectivity index (χ4n) is 3.19. The summed E-state index contributed by atoms with van der Waals surface area (Å²) in [6, 6.07) is 7.45. The third-order valence-electron chi connectivity index (χ3n) is 4.66. The van der Waals surface area contributed by atoms with Crippen LogP contribution in [0, 0.1) is 5.92 Å². The third-order valence-corrected chi connectivity index (χ3v) is 5.52. The van der Waals surface area contributed by atoms with Gasteiger partial charge in [0.15, 0.2) is 9.84 Å². The van der Waals surface area contributed by atoms with Crippen molar-refractivity contribution in [2.75, 3.05) is 6.26 Å². The summed E-state index contributed by atoms with van der Waals surface area (Å²) < 4.78 is 22.5. The molecule has 6 heteroatoms. The van der Waals surface area contributed by atoms with E-state index in [9.17, 15) is 13.2 Å². The molecule has 134 valence electrons. The van der Waals surface area contributed by atoms with Crippen LogP contribution in [-0.2, 0) is 22.1 Å². The van der Waals surface area contributed by atoms with Crippen LogP contribution in [0.5, 0.6) is 0 Å². The first-order valence-electron chi connectivity index (χ1n) is 8.65. The lowest BCUT2D eigenvalue weighted by Crippen LogP contribution is -2.43. The molecule has 0 spiro atoms. The van der Waals surface area contributed by atoms with E-state index in [0.29, 0.717) is 6.54 Å². The highest BCUT2D eigenvalue weighted by molar-refractivity contribution is 7.89. The predicted octanol–water partition coefficient (Wildman–Crippen LogP) is 3.00. The fourth-order valence-corrected chi connectivity index (χ4v) is 3.99. The van der Waals surface area contributed by atoms with Crippen molar-refractivity contribution in [2.45, 2.75) is 57.4 Å². The average Bonchev–Trinajstić information content (AvgIpc) is 2.53. The van der Waals surface area contributed by atoms with Gasteiger partial charge in [0, 0.05) is 18.8 Å². The Hall–Kier alpha value is -1.56. The van der Waals surface area contributed by atoms with Crippen LogP contribution in [0.4, 0.5) is 4.79 Å². The Morgan fingerprint density at radius 2 is 1.67 bits per heavy atom. The van der Waals surface area contributed by atoms with Gasteiger partial charge in [-0.3, -0.25) is 0 Å². The maximum atomic E-state index is 12.0. The van der Waals surface area contributed by atoms with Crippen LogP contribution in [0.15, 0.2) is 24.3 Å². The average molecular weight is 353 g/mol. The van der Waals surface area contributed by atoms with Gasteiger partial charge in [-0.25, -0.2) is 13.2 Å². The van der Waals surface area contributed by atoms with Crippen molar-refractivity contribution < 1.29 is 13.2 Å². The summed E-state index contributed by atoms with van der Waals surface area (Å²) in [7, 11) is -3.02. The van der Waals surface area contributed by atoms with Crippen molar-refractivity contribution in [2.24, 2.45) is 5.92 Å². The van der Waals surface area contributed by atoms with Crippen molar-refractivity contribution >= 4 is 15.9 Å². The number of sulfone groups is 1. The summed E-state index contributed by atoms with van der Waals surface area (Å²) in [5.41, 5.74) is 1.72. The van der Waals surface area contributed by atoms with Crippen LogP contribution in [0.25, 0.3) is 0 Å². The molecule has 1 aliphatic rings. The van der Waals surface area contributed by atoms with E-state index in [2.05, 4.69) is 17.6 Å². The monoisotopic (exact) mass is 352 g/mol. The van der Waals surface area contributed by atoms with Crippen molar-refractivity contribution in [1.82, 2.24) is 10.6 Å². The molecule has 2 amide bonds. The highest BCUT2D eigenvalue weighted by Crippen LogP contribution is 2.26. The molecule has 1 aliphatic carbocycles. The molecule has 24 heavy (non-hydrogen) atoms. The Kier molecular flexibility index (Phi) is 6.66. The first-order chi connectivity index (χ1) is 11.4. The van der Waals surface area contributed by atoms with E-state index in [0.717, 1.165) is 29.9 Å². The number of hydrogen-bond acceptors (Lipinski definition) is 3. The van der Waals surface area contributed by atoms with Gasteiger partial charge in [0.1, 0.15) is 0 Å². The second-order valence-electron chi connectivity index (χ2n) is 6.84. The lowest BCUT2D eigenvalue weighted by molar-refractivity contribution is 0.226. The van der Waals surface area contributed by atoms with Crippen LogP contribution in [0.1, 0.15) is 50.2 Å². The van der Waals surface area contributed by atoms with Crippen LogP contribution >= 0.6 is 0 Å². The number of urea groups is 1. The van der Waals surface area contributed by atoms with Crippen molar-refractivity contribution in [3.05, 3.63) is 35.4 Å². The summed E-state index contributed by atoms with van der Waals surface area (Å²) in [5.74, 6) is 0.860. The standard InChI is InChI=1S/C18H28N2O3S/c1-3-14-8-10-17(11-9-14)20-18(21)19-12-15-4-6-16(7-5-15)13-24(2,22)23/h4-7,14,17H,3,8-13H2,1-2H3,(H2,19,20,21). The third kappa shape index (κ3) is 6.51. The van der Waals surface area contributed by atoms with E-state index in [-0.39, 0.29) is 17.8 Å². The number of carbonyl (C=O) groups is 1. The van der Waals surface area contributed by atoms with E-state index in [1.807, 2.05) is 12.1 Å². The van der Waals surface area contributed by atoms with E-state index < -0.39 is 9.84 Å². The molecule has 0 radical (unpaired) electrons. The Bertz CT molecular complexity index is 633. The molecule has 0 atom stereocenters. The van der Waals surface area contributed by atoms with Gasteiger partial charge in [-0.15, -0.1) is 0 Å². The summed E-state index contributed by atoms with van der Waals surface area (Å²) in [6.45, 7) is 2.67. The topological polar surface area (TPSA) is 75.3 Å². The Labute approximate surface area is 145 Å². The van der Waals surface area contributed by atoms with Crippen LogP contribution < -0.4 is 10.6 Å². The number of rotatable bonds is 6. The largest absolute Gasteiger partial charge is 0.335 e. The molecule has 2 N–H and O–H groups in total. The number of nitrogens with one attached hydrogen (secondary N) is 2. The molecule has 0 aromatic heterocycles. The van der Waals surface area contributed by atoms with Gasteiger partial charge in [0.05, 0.1) is 5.75 Å². The van der Waals surface area contributed by atoms with Crippen LogP contribution in [-0.4, -0.2) is 26.7 Å². The van der Waals surface area contributed by atoms with E-state index in [1.54, 1.807) is 12.1 Å². The molecular formula is C18H28N2O3S. The Balaban J connectivity index is 1.74. The molecule has 0 heterocycles. The molecule has 1 fully saturated rings. The molecule has 0 bridgehead atoms. The number of hydrogen-bond donors (Lipinski definition) is 2. The lowest BCUT2D eigenvalue weighted by atomic mass is 9.85. The van der Waals surface area contributed by atoms with Gasteiger partial charge < -0.3 is 10.6 Å². The second-order valence-corrected chi connectivity index (χ2v) is 8.98. The van der Waals surface area contributed by atoms with Gasteiger partial charge in [-0.05, 0) is 42.7 Å². The first-order valence-corrected chi connectivity index (χ1v) is 10.7. The lowest BCUT2D eigenvalue weighted by Gasteiger charge is -2.28. The van der Waals surface area contributed by atoms with Crippen molar-refractivity contribution in [1.29, 1.82) is 0 Å². The SMILES string of the molecule is CCC1CCC(NC(=O)NCc2ccc(CS(C)(=O)=O)cc2)CC1. The van der Waals surface area contributed by atoms with Gasteiger partial charge in [-0.2, -0.15) is 0 Å². The summed E-state index contributed by atoms with van der Waals surface area (Å²) in [6.07, 6.45) is 6.97. The summed E-state index contributed by atoms with van der Waals surface area (Å²) in [4.78, 5) is 12.0. The molecule has 0 unspecified atom stereocenters. The van der Waals surface area contributed by atoms with Gasteiger partial charge in [-0.1, -0.05) is 37.6 Å². The molecule has 5 nitrogen and oxygen atoms in total. The highest BCUT2D eigenvalue weighted by Gasteiger charge is 2.21. The molecule has 1 saturated carbocycles. The molecule has 0 saturated heterocycles. The smallest absolute Gasteiger partial charge is 0.315 e. The van der Waals surface area contributed by atoms with Crippen molar-refractivity contribution in [3.8, 4) is 0 Å². The number of carbonyl (C=O) groups excluding carboxylic acids is 1. The highest BCUT2D eigenvalue weighted by atomic mass is 32.2. The maximum absolute atomic E-state index is 12.0. The molecule has 1 aromatic rings. The first kappa shape index (κ1) is 18.8. The number of benzene rings is 1. The summed E-state index contributed by atoms with van der Waals surface area (Å²) in [5, 5.41) is 5.92. The Morgan fingerprint density at radius 3 is 2.21 bits per heavy atom. The predicted molar refractivity (Wildman–Crippen MR) is 96.4 cm³/mol. The quantitative estimate of drug-likeness (QED) is 0.826. The Morgan fingerprint density at radius 1 is 1.08 bits per heavy atom. The second kappa shape index (κ2) is 8.51. The summed E-state index contributed by atoms with van der Waals surface area (Å²) >= 11 is 0. The molecule has 2 rings (SSSR count). The van der Waals surface area contributed by atoms with Gasteiger partial charge in [0.2, 0.25) is 0 Å². The molecular weight excluding hydrogens is 324 g/mol. The maximum Gasteiger partial charge on any atom is 0.315 e. The van der Waals surface area contributed by atoms with Gasteiger partial charge in [0.25, 0.3) is 0 Å². The minimum Gasteiger partial charge on any atom is -0.335 e. The van der Waals surface area contributed by atoms with Crippen molar-refractivity contribution in [3.63, 3.8) is 0 Å².